The molecule has 0 bridgehead atoms. The fourth-order valence-electron chi connectivity index (χ4n) is 1.52. The van der Waals surface area contributed by atoms with Crippen molar-refractivity contribution >= 4 is 5.97 Å². The largest absolute Gasteiger partial charge is 0.474 e. The first-order chi connectivity index (χ1) is 8.93. The van der Waals surface area contributed by atoms with Crippen molar-refractivity contribution in [3.05, 3.63) is 12.5 Å². The molecule has 0 heterocycles. The van der Waals surface area contributed by atoms with Gasteiger partial charge in [0.15, 0.2) is 5.88 Å². The highest BCUT2D eigenvalue weighted by molar-refractivity contribution is 5.69. The van der Waals surface area contributed by atoms with Crippen molar-refractivity contribution in [3.8, 4) is 0 Å². The van der Waals surface area contributed by atoms with Gasteiger partial charge in [-0.1, -0.05) is 0 Å². The lowest BCUT2D eigenvalue weighted by atomic mass is 10.1. The fourth-order valence-corrected chi connectivity index (χ4v) is 1.52. The van der Waals surface area contributed by atoms with Crippen LogP contribution in [0.2, 0.25) is 0 Å². The van der Waals surface area contributed by atoms with E-state index in [1.165, 1.54) is 0 Å². The van der Waals surface area contributed by atoms with E-state index < -0.39 is 5.60 Å². The standard InChI is InChI=1S/C15H29NO4/c1-11(19-14(2,3)4)16-12(10-17)8-9-13(18)20-15(5,6)7/h12,16-17H,1,8-10H2,2-7H3/t12-/m1/s1. The van der Waals surface area contributed by atoms with Gasteiger partial charge in [-0.05, 0) is 54.5 Å². The van der Waals surface area contributed by atoms with Crippen LogP contribution in [-0.2, 0) is 14.3 Å². The third-order valence-corrected chi connectivity index (χ3v) is 2.13. The second-order valence-electron chi connectivity index (χ2n) is 6.79. The summed E-state index contributed by atoms with van der Waals surface area (Å²) in [4.78, 5) is 11.6. The summed E-state index contributed by atoms with van der Waals surface area (Å²) in [7, 11) is 0. The van der Waals surface area contributed by atoms with Gasteiger partial charge in [-0.25, -0.2) is 0 Å². The van der Waals surface area contributed by atoms with Crippen molar-refractivity contribution in [2.24, 2.45) is 0 Å². The molecule has 0 unspecified atom stereocenters. The first-order valence-corrected chi connectivity index (χ1v) is 6.90. The number of aliphatic hydroxyl groups is 1. The zero-order chi connectivity index (χ0) is 16.0. The Labute approximate surface area is 122 Å². The Bertz CT molecular complexity index is 326. The number of hydrogen-bond acceptors (Lipinski definition) is 5. The molecule has 0 saturated heterocycles. The van der Waals surface area contributed by atoms with Crippen LogP contribution in [0.25, 0.3) is 0 Å². The van der Waals surface area contributed by atoms with Crippen LogP contribution in [0, 0.1) is 0 Å². The molecule has 0 aromatic carbocycles. The summed E-state index contributed by atoms with van der Waals surface area (Å²) < 4.78 is 10.7. The lowest BCUT2D eigenvalue weighted by Gasteiger charge is -2.26. The molecule has 0 aliphatic rings. The van der Waals surface area contributed by atoms with E-state index in [1.54, 1.807) is 0 Å². The van der Waals surface area contributed by atoms with Crippen LogP contribution in [0.1, 0.15) is 54.4 Å². The molecule has 0 amide bonds. The Balaban J connectivity index is 4.17. The molecule has 20 heavy (non-hydrogen) atoms. The number of aliphatic hydroxyl groups excluding tert-OH is 1. The van der Waals surface area contributed by atoms with Crippen LogP contribution in [-0.4, -0.2) is 34.9 Å². The molecule has 0 radical (unpaired) electrons. The molecule has 0 aliphatic heterocycles. The second-order valence-corrected chi connectivity index (χ2v) is 6.79. The lowest BCUT2D eigenvalue weighted by Crippen LogP contribution is -2.36. The topological polar surface area (TPSA) is 67.8 Å². The van der Waals surface area contributed by atoms with Gasteiger partial charge in [-0.2, -0.15) is 0 Å². The van der Waals surface area contributed by atoms with Crippen molar-refractivity contribution in [2.45, 2.75) is 71.6 Å². The summed E-state index contributed by atoms with van der Waals surface area (Å²) in [5.74, 6) is 0.112. The monoisotopic (exact) mass is 287 g/mol. The summed E-state index contributed by atoms with van der Waals surface area (Å²) >= 11 is 0. The van der Waals surface area contributed by atoms with Crippen molar-refractivity contribution in [1.29, 1.82) is 0 Å². The number of ether oxygens (including phenoxy) is 2. The second kappa shape index (κ2) is 7.53. The van der Waals surface area contributed by atoms with E-state index >= 15 is 0 Å². The maximum Gasteiger partial charge on any atom is 0.306 e. The van der Waals surface area contributed by atoms with Gasteiger partial charge in [0.1, 0.15) is 11.2 Å². The average Bonchev–Trinajstić information content (AvgIpc) is 2.18. The van der Waals surface area contributed by atoms with Crippen LogP contribution < -0.4 is 5.32 Å². The quantitative estimate of drug-likeness (QED) is 0.556. The maximum absolute atomic E-state index is 11.6. The van der Waals surface area contributed by atoms with E-state index in [1.807, 2.05) is 41.5 Å². The van der Waals surface area contributed by atoms with Crippen LogP contribution in [0.4, 0.5) is 0 Å². The van der Waals surface area contributed by atoms with Gasteiger partial charge in [0.05, 0.1) is 12.6 Å². The molecule has 2 N–H and O–H groups in total. The summed E-state index contributed by atoms with van der Waals surface area (Å²) in [5.41, 5.74) is -0.840. The highest BCUT2D eigenvalue weighted by Crippen LogP contribution is 2.13. The number of esters is 1. The van der Waals surface area contributed by atoms with Crippen molar-refractivity contribution in [1.82, 2.24) is 5.32 Å². The summed E-state index contributed by atoms with van der Waals surface area (Å²) in [6.45, 7) is 14.9. The van der Waals surface area contributed by atoms with Crippen molar-refractivity contribution in [2.75, 3.05) is 6.61 Å². The molecule has 0 aromatic rings. The number of rotatable bonds is 7. The van der Waals surface area contributed by atoms with E-state index in [-0.39, 0.29) is 30.6 Å². The maximum atomic E-state index is 11.6. The molecule has 0 spiro atoms. The van der Waals surface area contributed by atoms with Crippen LogP contribution >= 0.6 is 0 Å². The first kappa shape index (κ1) is 18.8. The lowest BCUT2D eigenvalue weighted by molar-refractivity contribution is -0.155. The van der Waals surface area contributed by atoms with Crippen molar-refractivity contribution in [3.63, 3.8) is 0 Å². The molecule has 5 nitrogen and oxygen atoms in total. The Hall–Kier alpha value is -1.23. The van der Waals surface area contributed by atoms with E-state index in [0.717, 1.165) is 0 Å². The van der Waals surface area contributed by atoms with E-state index in [2.05, 4.69) is 11.9 Å². The first-order valence-electron chi connectivity index (χ1n) is 6.90. The predicted molar refractivity (Wildman–Crippen MR) is 79.1 cm³/mol. The SMILES string of the molecule is C=C(N[C@@H](CO)CCC(=O)OC(C)(C)C)OC(C)(C)C. The fraction of sp³-hybridized carbons (Fsp3) is 0.800. The molecule has 5 heteroatoms. The van der Waals surface area contributed by atoms with E-state index in [4.69, 9.17) is 9.47 Å². The smallest absolute Gasteiger partial charge is 0.306 e. The van der Waals surface area contributed by atoms with Gasteiger partial charge in [-0.15, -0.1) is 0 Å². The molecule has 0 saturated carbocycles. The number of carbonyl (C=O) groups excluding carboxylic acids is 1. The van der Waals surface area contributed by atoms with Gasteiger partial charge in [0.25, 0.3) is 0 Å². The molecule has 0 aliphatic carbocycles. The third-order valence-electron chi connectivity index (χ3n) is 2.13. The minimum Gasteiger partial charge on any atom is -0.474 e. The van der Waals surface area contributed by atoms with E-state index in [9.17, 15) is 9.90 Å². The predicted octanol–water partition coefficient (Wildman–Crippen LogP) is 2.35. The Morgan fingerprint density at radius 3 is 2.05 bits per heavy atom. The third kappa shape index (κ3) is 10.7. The van der Waals surface area contributed by atoms with Crippen molar-refractivity contribution < 1.29 is 19.4 Å². The summed E-state index contributed by atoms with van der Waals surface area (Å²) in [6.07, 6.45) is 0.691. The Morgan fingerprint density at radius 2 is 1.65 bits per heavy atom. The Morgan fingerprint density at radius 1 is 1.15 bits per heavy atom. The molecule has 118 valence electrons. The molecule has 1 atom stereocenters. The Kier molecular flexibility index (Phi) is 7.06. The van der Waals surface area contributed by atoms with E-state index in [0.29, 0.717) is 12.3 Å². The van der Waals surface area contributed by atoms with Gasteiger partial charge < -0.3 is 19.9 Å². The summed E-state index contributed by atoms with van der Waals surface area (Å²) in [6, 6.07) is -0.280. The molecular weight excluding hydrogens is 258 g/mol. The van der Waals surface area contributed by atoms with Gasteiger partial charge in [0, 0.05) is 6.42 Å². The zero-order valence-electron chi connectivity index (χ0n) is 13.6. The van der Waals surface area contributed by atoms with Crippen LogP contribution in [0.5, 0.6) is 0 Å². The van der Waals surface area contributed by atoms with Gasteiger partial charge in [-0.3, -0.25) is 4.79 Å². The summed E-state index contributed by atoms with van der Waals surface area (Å²) in [5, 5.41) is 12.3. The molecular formula is C15H29NO4. The van der Waals surface area contributed by atoms with Gasteiger partial charge in [0.2, 0.25) is 0 Å². The number of nitrogens with one attached hydrogen (secondary N) is 1. The number of hydrogen-bond donors (Lipinski definition) is 2. The number of carbonyl (C=O) groups is 1. The minimum absolute atomic E-state index is 0.102. The average molecular weight is 287 g/mol. The molecule has 0 aromatic heterocycles. The zero-order valence-corrected chi connectivity index (χ0v) is 13.6. The highest BCUT2D eigenvalue weighted by Gasteiger charge is 2.19. The van der Waals surface area contributed by atoms with Crippen LogP contribution in [0.15, 0.2) is 12.5 Å². The molecule has 0 rings (SSSR count). The van der Waals surface area contributed by atoms with Crippen LogP contribution in [0.3, 0.4) is 0 Å². The minimum atomic E-state index is -0.488. The normalized spacial score (nSPS) is 13.6. The molecule has 0 fully saturated rings. The highest BCUT2D eigenvalue weighted by atomic mass is 16.6. The van der Waals surface area contributed by atoms with Gasteiger partial charge >= 0.3 is 5.97 Å².